The first kappa shape index (κ1) is 21.9. The molecule has 1 aromatic carbocycles. The molecule has 0 saturated carbocycles. The van der Waals surface area contributed by atoms with Gasteiger partial charge in [-0.15, -0.1) is 0 Å². The Bertz CT molecular complexity index is 697. The van der Waals surface area contributed by atoms with Gasteiger partial charge in [0.05, 0.1) is 12.1 Å². The number of carbonyl (C=O) groups excluding carboxylic acids is 3. The molecule has 2 rings (SSSR count). The third-order valence-corrected chi connectivity index (χ3v) is 4.34. The highest BCUT2D eigenvalue weighted by atomic mass is 16.6. The van der Waals surface area contributed by atoms with Crippen LogP contribution in [0.15, 0.2) is 30.3 Å². The first-order valence-corrected chi connectivity index (χ1v) is 9.69. The number of amides is 3. The van der Waals surface area contributed by atoms with Crippen LogP contribution in [0.2, 0.25) is 0 Å². The van der Waals surface area contributed by atoms with Gasteiger partial charge < -0.3 is 10.1 Å². The molecule has 7 heteroatoms. The van der Waals surface area contributed by atoms with Crippen LogP contribution in [0.25, 0.3) is 0 Å². The molecular weight excluding hydrogens is 358 g/mol. The van der Waals surface area contributed by atoms with E-state index < -0.39 is 35.7 Å². The molecule has 0 aliphatic carbocycles. The van der Waals surface area contributed by atoms with Gasteiger partial charge in [-0.2, -0.15) is 0 Å². The van der Waals surface area contributed by atoms with Crippen LogP contribution in [0.1, 0.15) is 46.6 Å². The zero-order valence-electron chi connectivity index (χ0n) is 17.2. The van der Waals surface area contributed by atoms with Crippen molar-refractivity contribution in [3.05, 3.63) is 35.9 Å². The van der Waals surface area contributed by atoms with Crippen molar-refractivity contribution in [2.24, 2.45) is 5.92 Å². The zero-order valence-corrected chi connectivity index (χ0v) is 17.2. The fraction of sp³-hybridized carbons (Fsp3) is 0.571. The lowest BCUT2D eigenvalue weighted by Gasteiger charge is -2.35. The predicted octanol–water partition coefficient (Wildman–Crippen LogP) is 2.15. The zero-order chi connectivity index (χ0) is 20.9. The Kier molecular flexibility index (Phi) is 7.18. The molecule has 0 bridgehead atoms. The first-order chi connectivity index (χ1) is 13.0. The molecule has 1 aliphatic rings. The van der Waals surface area contributed by atoms with Gasteiger partial charge in [0.25, 0.3) is 0 Å². The van der Waals surface area contributed by atoms with Crippen LogP contribution in [-0.2, 0) is 20.7 Å². The van der Waals surface area contributed by atoms with Gasteiger partial charge in [-0.25, -0.2) is 4.79 Å². The van der Waals surface area contributed by atoms with E-state index in [2.05, 4.69) is 16.0 Å². The number of hydrogen-bond acceptors (Lipinski definition) is 5. The minimum absolute atomic E-state index is 0.281. The van der Waals surface area contributed by atoms with E-state index in [0.717, 1.165) is 5.56 Å². The van der Waals surface area contributed by atoms with Gasteiger partial charge in [0.2, 0.25) is 11.8 Å². The summed E-state index contributed by atoms with van der Waals surface area (Å²) in [6, 6.07) is 7.78. The Labute approximate surface area is 166 Å². The van der Waals surface area contributed by atoms with Crippen molar-refractivity contribution in [3.8, 4) is 0 Å². The van der Waals surface area contributed by atoms with Crippen molar-refractivity contribution in [1.29, 1.82) is 0 Å². The van der Waals surface area contributed by atoms with Crippen LogP contribution in [-0.4, -0.2) is 41.6 Å². The molecule has 1 aromatic rings. The molecule has 1 aliphatic heterocycles. The fourth-order valence-corrected chi connectivity index (χ4v) is 3.18. The standard InChI is InChI=1S/C21H31N3O4/c1-13(2)11-16-18(25)24-19(26)17(22-16)15(12-14-9-7-6-8-10-14)23-20(27)28-21(3,4)5/h6-10,13,15-17,22H,11-12H2,1-5H3,(H,23,27)(H,24,25,26)/t15-,16-,17+/m0/s1. The van der Waals surface area contributed by atoms with Gasteiger partial charge in [-0.3, -0.25) is 20.2 Å². The van der Waals surface area contributed by atoms with E-state index in [4.69, 9.17) is 4.74 Å². The average molecular weight is 389 g/mol. The molecule has 0 spiro atoms. The maximum atomic E-state index is 12.5. The summed E-state index contributed by atoms with van der Waals surface area (Å²) in [4.78, 5) is 37.1. The van der Waals surface area contributed by atoms with Gasteiger partial charge in [0.1, 0.15) is 11.6 Å². The number of carbonyl (C=O) groups is 3. The number of imide groups is 1. The molecule has 28 heavy (non-hydrogen) atoms. The molecule has 7 nitrogen and oxygen atoms in total. The van der Waals surface area contributed by atoms with Crippen LogP contribution < -0.4 is 16.0 Å². The summed E-state index contributed by atoms with van der Waals surface area (Å²) in [5.74, 6) is -0.490. The SMILES string of the molecule is CC(C)C[C@@H]1N[C@H]([C@H](Cc2ccccc2)NC(=O)OC(C)(C)C)C(=O)NC1=O. The van der Waals surface area contributed by atoms with E-state index in [1.165, 1.54) is 0 Å². The van der Waals surface area contributed by atoms with Crippen LogP contribution in [0, 0.1) is 5.92 Å². The smallest absolute Gasteiger partial charge is 0.407 e. The second kappa shape index (κ2) is 9.19. The number of nitrogens with one attached hydrogen (secondary N) is 3. The molecule has 0 aromatic heterocycles. The van der Waals surface area contributed by atoms with E-state index in [9.17, 15) is 14.4 Å². The Hall–Kier alpha value is -2.41. The van der Waals surface area contributed by atoms with Crippen LogP contribution in [0.4, 0.5) is 4.79 Å². The molecule has 1 fully saturated rings. The fourth-order valence-electron chi connectivity index (χ4n) is 3.18. The van der Waals surface area contributed by atoms with Gasteiger partial charge in [-0.1, -0.05) is 44.2 Å². The number of piperazine rings is 1. The Balaban J connectivity index is 2.21. The molecule has 1 saturated heterocycles. The van der Waals surface area contributed by atoms with Gasteiger partial charge >= 0.3 is 6.09 Å². The van der Waals surface area contributed by atoms with Crippen molar-refractivity contribution < 1.29 is 19.1 Å². The Morgan fingerprint density at radius 2 is 1.79 bits per heavy atom. The monoisotopic (exact) mass is 389 g/mol. The maximum Gasteiger partial charge on any atom is 0.407 e. The van der Waals surface area contributed by atoms with Crippen LogP contribution in [0.5, 0.6) is 0 Å². The normalized spacial score (nSPS) is 21.2. The highest BCUT2D eigenvalue weighted by molar-refractivity contribution is 6.03. The van der Waals surface area contributed by atoms with Crippen molar-refractivity contribution in [1.82, 2.24) is 16.0 Å². The van der Waals surface area contributed by atoms with E-state index in [1.54, 1.807) is 20.8 Å². The minimum atomic E-state index is -0.742. The van der Waals surface area contributed by atoms with Gasteiger partial charge in [0.15, 0.2) is 0 Å². The average Bonchev–Trinajstić information content (AvgIpc) is 2.55. The summed E-state index contributed by atoms with van der Waals surface area (Å²) in [5, 5.41) is 8.40. The van der Waals surface area contributed by atoms with Crippen molar-refractivity contribution in [3.63, 3.8) is 0 Å². The Morgan fingerprint density at radius 3 is 2.36 bits per heavy atom. The topological polar surface area (TPSA) is 96.5 Å². The second-order valence-electron chi connectivity index (χ2n) is 8.62. The molecular formula is C21H31N3O4. The molecule has 0 unspecified atom stereocenters. The lowest BCUT2D eigenvalue weighted by atomic mass is 9.93. The first-order valence-electron chi connectivity index (χ1n) is 9.69. The summed E-state index contributed by atoms with van der Waals surface area (Å²) in [5.41, 5.74) is 0.315. The van der Waals surface area contributed by atoms with Crippen molar-refractivity contribution in [2.75, 3.05) is 0 Å². The molecule has 3 N–H and O–H groups in total. The molecule has 0 radical (unpaired) electrons. The molecule has 3 atom stereocenters. The predicted molar refractivity (Wildman–Crippen MR) is 107 cm³/mol. The third kappa shape index (κ3) is 6.64. The highest BCUT2D eigenvalue weighted by Crippen LogP contribution is 2.15. The Morgan fingerprint density at radius 1 is 1.14 bits per heavy atom. The van der Waals surface area contributed by atoms with E-state index in [0.29, 0.717) is 12.8 Å². The number of rotatable bonds is 6. The largest absolute Gasteiger partial charge is 0.444 e. The molecule has 1 heterocycles. The summed E-state index contributed by atoms with van der Waals surface area (Å²) in [6.45, 7) is 9.37. The quantitative estimate of drug-likeness (QED) is 0.648. The minimum Gasteiger partial charge on any atom is -0.444 e. The van der Waals surface area contributed by atoms with Crippen LogP contribution >= 0.6 is 0 Å². The van der Waals surface area contributed by atoms with E-state index >= 15 is 0 Å². The van der Waals surface area contributed by atoms with Gasteiger partial charge in [-0.05, 0) is 45.1 Å². The van der Waals surface area contributed by atoms with Crippen LogP contribution in [0.3, 0.4) is 0 Å². The number of benzene rings is 1. The highest BCUT2D eigenvalue weighted by Gasteiger charge is 2.39. The second-order valence-corrected chi connectivity index (χ2v) is 8.62. The van der Waals surface area contributed by atoms with Gasteiger partial charge in [0, 0.05) is 0 Å². The summed E-state index contributed by atoms with van der Waals surface area (Å²) >= 11 is 0. The van der Waals surface area contributed by atoms with Crippen molar-refractivity contribution in [2.45, 2.75) is 71.2 Å². The number of alkyl carbamates (subject to hydrolysis) is 1. The number of hydrogen-bond donors (Lipinski definition) is 3. The van der Waals surface area contributed by atoms with E-state index in [-0.39, 0.29) is 11.8 Å². The third-order valence-electron chi connectivity index (χ3n) is 4.34. The molecule has 154 valence electrons. The van der Waals surface area contributed by atoms with E-state index in [1.807, 2.05) is 44.2 Å². The molecule has 3 amide bonds. The summed E-state index contributed by atoms with van der Waals surface area (Å²) in [7, 11) is 0. The lowest BCUT2D eigenvalue weighted by Crippen LogP contribution is -2.68. The summed E-state index contributed by atoms with van der Waals surface area (Å²) in [6.07, 6.45) is 0.425. The van der Waals surface area contributed by atoms with Crippen molar-refractivity contribution >= 4 is 17.9 Å². The maximum absolute atomic E-state index is 12.5. The lowest BCUT2D eigenvalue weighted by molar-refractivity contribution is -0.137. The number of ether oxygens (including phenoxy) is 1. The summed E-state index contributed by atoms with van der Waals surface area (Å²) < 4.78 is 5.37.